The van der Waals surface area contributed by atoms with Crippen LogP contribution < -0.4 is 5.32 Å². The molecule has 1 N–H and O–H groups in total. The maximum Gasteiger partial charge on any atom is 0.254 e. The summed E-state index contributed by atoms with van der Waals surface area (Å²) in [6.45, 7) is 0.301. The van der Waals surface area contributed by atoms with Gasteiger partial charge in [0.05, 0.1) is 30.3 Å². The van der Waals surface area contributed by atoms with Gasteiger partial charge < -0.3 is 9.73 Å². The normalized spacial score (nSPS) is 10.4. The van der Waals surface area contributed by atoms with Crippen molar-refractivity contribution in [1.29, 1.82) is 0 Å². The second kappa shape index (κ2) is 5.35. The minimum atomic E-state index is -0.211. The lowest BCUT2D eigenvalue weighted by Gasteiger charge is -1.99. The molecule has 0 aromatic carbocycles. The molecule has 0 saturated carbocycles. The molecule has 0 saturated heterocycles. The molecule has 3 aromatic heterocycles. The fourth-order valence-electron chi connectivity index (χ4n) is 1.67. The molecular formula is C13H11N5O2. The summed E-state index contributed by atoms with van der Waals surface area (Å²) in [6, 6.07) is 5.24. The van der Waals surface area contributed by atoms with Gasteiger partial charge in [-0.25, -0.2) is 4.68 Å². The molecule has 0 aliphatic carbocycles. The van der Waals surface area contributed by atoms with E-state index in [1.807, 2.05) is 12.1 Å². The van der Waals surface area contributed by atoms with E-state index in [2.05, 4.69) is 20.6 Å². The zero-order valence-corrected chi connectivity index (χ0v) is 10.4. The first-order chi connectivity index (χ1) is 9.83. The smallest absolute Gasteiger partial charge is 0.254 e. The van der Waals surface area contributed by atoms with Gasteiger partial charge in [0.1, 0.15) is 12.0 Å². The molecule has 0 fully saturated rings. The lowest BCUT2D eigenvalue weighted by atomic mass is 10.3. The molecule has 7 heteroatoms. The molecule has 100 valence electrons. The third-order valence-electron chi connectivity index (χ3n) is 2.68. The van der Waals surface area contributed by atoms with Crippen molar-refractivity contribution in [1.82, 2.24) is 25.3 Å². The van der Waals surface area contributed by atoms with Crippen molar-refractivity contribution in [2.45, 2.75) is 6.54 Å². The third kappa shape index (κ3) is 2.56. The Balaban J connectivity index is 1.65. The summed E-state index contributed by atoms with van der Waals surface area (Å²) in [5, 5.41) is 10.7. The predicted octanol–water partition coefficient (Wildman–Crippen LogP) is 1.19. The second-order valence-electron chi connectivity index (χ2n) is 4.05. The highest BCUT2D eigenvalue weighted by Crippen LogP contribution is 2.05. The molecule has 0 aliphatic rings. The zero-order valence-electron chi connectivity index (χ0n) is 10.4. The number of nitrogens with one attached hydrogen (secondary N) is 1. The van der Waals surface area contributed by atoms with Crippen LogP contribution in [0.3, 0.4) is 0 Å². The second-order valence-corrected chi connectivity index (χ2v) is 4.05. The van der Waals surface area contributed by atoms with E-state index >= 15 is 0 Å². The summed E-state index contributed by atoms with van der Waals surface area (Å²) in [6.07, 6.45) is 7.96. The number of rotatable bonds is 4. The van der Waals surface area contributed by atoms with E-state index in [0.29, 0.717) is 17.8 Å². The number of pyridine rings is 1. The first-order valence-electron chi connectivity index (χ1n) is 5.95. The van der Waals surface area contributed by atoms with E-state index in [4.69, 9.17) is 4.42 Å². The lowest BCUT2D eigenvalue weighted by Crippen LogP contribution is -2.22. The number of furan rings is 1. The molecule has 0 unspecified atom stereocenters. The van der Waals surface area contributed by atoms with Gasteiger partial charge in [0.25, 0.3) is 5.91 Å². The first kappa shape index (κ1) is 12.1. The van der Waals surface area contributed by atoms with Crippen LogP contribution in [0.5, 0.6) is 0 Å². The highest BCUT2D eigenvalue weighted by Gasteiger charge is 2.08. The minimum Gasteiger partial charge on any atom is -0.472 e. The summed E-state index contributed by atoms with van der Waals surface area (Å²) in [7, 11) is 0. The average Bonchev–Trinajstić information content (AvgIpc) is 3.17. The zero-order chi connectivity index (χ0) is 13.8. The van der Waals surface area contributed by atoms with E-state index in [9.17, 15) is 4.79 Å². The van der Waals surface area contributed by atoms with Crippen LogP contribution in [0.15, 0.2) is 53.7 Å². The summed E-state index contributed by atoms with van der Waals surface area (Å²) in [4.78, 5) is 15.7. The van der Waals surface area contributed by atoms with Crippen LogP contribution in [0.2, 0.25) is 0 Å². The minimum absolute atomic E-state index is 0.211. The van der Waals surface area contributed by atoms with Crippen molar-refractivity contribution in [2.24, 2.45) is 0 Å². The Morgan fingerprint density at radius 2 is 2.15 bits per heavy atom. The summed E-state index contributed by atoms with van der Waals surface area (Å²) in [5.41, 5.74) is 2.00. The van der Waals surface area contributed by atoms with Crippen LogP contribution in [0.4, 0.5) is 0 Å². The monoisotopic (exact) mass is 269 g/mol. The number of carbonyl (C=O) groups is 1. The molecular weight excluding hydrogens is 258 g/mol. The van der Waals surface area contributed by atoms with E-state index < -0.39 is 0 Å². The number of aromatic nitrogens is 4. The van der Waals surface area contributed by atoms with Crippen LogP contribution in [0.25, 0.3) is 5.69 Å². The Bertz CT molecular complexity index is 691. The SMILES string of the molecule is O=C(NCc1cn(-c2ccncc2)nn1)c1ccoc1. The first-order valence-corrected chi connectivity index (χ1v) is 5.95. The quantitative estimate of drug-likeness (QED) is 0.768. The van der Waals surface area contributed by atoms with Crippen molar-refractivity contribution in [2.75, 3.05) is 0 Å². The van der Waals surface area contributed by atoms with Gasteiger partial charge in [0.2, 0.25) is 0 Å². The maximum atomic E-state index is 11.7. The van der Waals surface area contributed by atoms with E-state index in [1.165, 1.54) is 12.5 Å². The van der Waals surface area contributed by atoms with Crippen molar-refractivity contribution in [3.05, 3.63) is 60.6 Å². The highest BCUT2D eigenvalue weighted by molar-refractivity contribution is 5.93. The molecule has 3 rings (SSSR count). The van der Waals surface area contributed by atoms with Gasteiger partial charge in [0, 0.05) is 12.4 Å². The molecule has 3 heterocycles. The number of hydrogen-bond donors (Lipinski definition) is 1. The van der Waals surface area contributed by atoms with Crippen LogP contribution in [0, 0.1) is 0 Å². The number of nitrogens with zero attached hydrogens (tertiary/aromatic N) is 4. The predicted molar refractivity (Wildman–Crippen MR) is 69.0 cm³/mol. The maximum absolute atomic E-state index is 11.7. The van der Waals surface area contributed by atoms with E-state index in [1.54, 1.807) is 29.3 Å². The fraction of sp³-hybridized carbons (Fsp3) is 0.0769. The Kier molecular flexibility index (Phi) is 3.24. The van der Waals surface area contributed by atoms with Crippen LogP contribution >= 0.6 is 0 Å². The van der Waals surface area contributed by atoms with Crippen molar-refractivity contribution < 1.29 is 9.21 Å². The summed E-state index contributed by atoms with van der Waals surface area (Å²) in [5.74, 6) is -0.211. The van der Waals surface area contributed by atoms with E-state index in [-0.39, 0.29) is 5.91 Å². The Labute approximate surface area is 114 Å². The average molecular weight is 269 g/mol. The standard InChI is InChI=1S/C13H11N5O2/c19-13(10-3-6-20-9-10)15-7-11-8-18(17-16-11)12-1-4-14-5-2-12/h1-6,8-9H,7H2,(H,15,19). The lowest BCUT2D eigenvalue weighted by molar-refractivity contribution is 0.0950. The molecule has 0 bridgehead atoms. The van der Waals surface area contributed by atoms with Crippen molar-refractivity contribution in [3.63, 3.8) is 0 Å². The van der Waals surface area contributed by atoms with E-state index in [0.717, 1.165) is 5.69 Å². The van der Waals surface area contributed by atoms with Gasteiger partial charge in [-0.05, 0) is 18.2 Å². The van der Waals surface area contributed by atoms with Gasteiger partial charge >= 0.3 is 0 Å². The van der Waals surface area contributed by atoms with Gasteiger partial charge in [-0.3, -0.25) is 9.78 Å². The topological polar surface area (TPSA) is 85.8 Å². The van der Waals surface area contributed by atoms with Crippen molar-refractivity contribution >= 4 is 5.91 Å². The fourth-order valence-corrected chi connectivity index (χ4v) is 1.67. The molecule has 7 nitrogen and oxygen atoms in total. The molecule has 0 aliphatic heterocycles. The molecule has 1 amide bonds. The molecule has 0 atom stereocenters. The van der Waals surface area contributed by atoms with Gasteiger partial charge in [-0.15, -0.1) is 5.10 Å². The van der Waals surface area contributed by atoms with Crippen LogP contribution in [-0.4, -0.2) is 25.9 Å². The molecule has 3 aromatic rings. The number of carbonyl (C=O) groups excluding carboxylic acids is 1. The van der Waals surface area contributed by atoms with Gasteiger partial charge in [-0.2, -0.15) is 0 Å². The Morgan fingerprint density at radius 1 is 1.30 bits per heavy atom. The highest BCUT2D eigenvalue weighted by atomic mass is 16.3. The van der Waals surface area contributed by atoms with Crippen LogP contribution in [0.1, 0.15) is 16.1 Å². The molecule has 20 heavy (non-hydrogen) atoms. The summed E-state index contributed by atoms with van der Waals surface area (Å²) >= 11 is 0. The summed E-state index contributed by atoms with van der Waals surface area (Å²) < 4.78 is 6.48. The largest absolute Gasteiger partial charge is 0.472 e. The number of amides is 1. The third-order valence-corrected chi connectivity index (χ3v) is 2.68. The number of hydrogen-bond acceptors (Lipinski definition) is 5. The molecule has 0 radical (unpaired) electrons. The van der Waals surface area contributed by atoms with Crippen molar-refractivity contribution in [3.8, 4) is 5.69 Å². The van der Waals surface area contributed by atoms with Crippen LogP contribution in [-0.2, 0) is 6.54 Å². The molecule has 0 spiro atoms. The Hall–Kier alpha value is -2.96. The van der Waals surface area contributed by atoms with Gasteiger partial charge in [0.15, 0.2) is 0 Å². The van der Waals surface area contributed by atoms with Gasteiger partial charge in [-0.1, -0.05) is 5.21 Å². The Morgan fingerprint density at radius 3 is 2.90 bits per heavy atom.